The molecule has 3 heteroatoms. The minimum atomic E-state index is 0.176. The van der Waals surface area contributed by atoms with E-state index in [1.807, 2.05) is 24.0 Å². The first-order chi connectivity index (χ1) is 9.06. The Hall–Kier alpha value is -1.35. The molecule has 3 nitrogen and oxygen atoms in total. The highest BCUT2D eigenvalue weighted by Gasteiger charge is 2.25. The lowest BCUT2D eigenvalue weighted by molar-refractivity contribution is -0.132. The van der Waals surface area contributed by atoms with Crippen molar-refractivity contribution in [2.45, 2.75) is 39.2 Å². The number of aryl methyl sites for hydroxylation is 1. The molecule has 1 aliphatic rings. The molecule has 104 valence electrons. The molecule has 0 radical (unpaired) electrons. The maximum absolute atomic E-state index is 12.3. The van der Waals surface area contributed by atoms with Crippen LogP contribution >= 0.6 is 0 Å². The van der Waals surface area contributed by atoms with Crippen LogP contribution in [0.4, 0.5) is 0 Å². The van der Waals surface area contributed by atoms with Crippen LogP contribution < -0.4 is 5.73 Å². The third-order valence-electron chi connectivity index (χ3n) is 3.99. The van der Waals surface area contributed by atoms with Crippen LogP contribution in [0.25, 0.3) is 0 Å². The van der Waals surface area contributed by atoms with E-state index in [1.54, 1.807) is 0 Å². The summed E-state index contributed by atoms with van der Waals surface area (Å²) in [5, 5.41) is 0. The second kappa shape index (κ2) is 6.20. The molecular weight excluding hydrogens is 236 g/mol. The summed E-state index contributed by atoms with van der Waals surface area (Å²) >= 11 is 0. The average Bonchev–Trinajstić information content (AvgIpc) is 2.39. The molecule has 1 aromatic rings. The van der Waals surface area contributed by atoms with Crippen molar-refractivity contribution in [3.05, 3.63) is 35.4 Å². The molecule has 0 saturated carbocycles. The summed E-state index contributed by atoms with van der Waals surface area (Å²) in [6.45, 7) is 5.80. The molecule has 0 unspecified atom stereocenters. The molecule has 2 N–H and O–H groups in total. The highest BCUT2D eigenvalue weighted by atomic mass is 16.2. The molecule has 2 rings (SSSR count). The number of carbonyl (C=O) groups excluding carboxylic acids is 1. The molecule has 0 aromatic heterocycles. The van der Waals surface area contributed by atoms with Gasteiger partial charge in [0.15, 0.2) is 0 Å². The fourth-order valence-electron chi connectivity index (χ4n) is 2.77. The number of hydrogen-bond acceptors (Lipinski definition) is 2. The van der Waals surface area contributed by atoms with Gasteiger partial charge in [0, 0.05) is 19.1 Å². The lowest BCUT2D eigenvalue weighted by Crippen LogP contribution is -2.45. The lowest BCUT2D eigenvalue weighted by Gasteiger charge is -2.34. The predicted octanol–water partition coefficient (Wildman–Crippen LogP) is 2.12. The second-order valence-corrected chi connectivity index (χ2v) is 5.77. The number of amides is 1. The molecule has 1 amide bonds. The van der Waals surface area contributed by atoms with Gasteiger partial charge in [0.2, 0.25) is 5.91 Å². The van der Waals surface area contributed by atoms with Gasteiger partial charge in [0.05, 0.1) is 6.42 Å². The number of likely N-dealkylation sites (tertiary alicyclic amines) is 1. The highest BCUT2D eigenvalue weighted by Crippen LogP contribution is 2.19. The van der Waals surface area contributed by atoms with E-state index in [-0.39, 0.29) is 11.9 Å². The van der Waals surface area contributed by atoms with Crippen molar-refractivity contribution in [3.63, 3.8) is 0 Å². The van der Waals surface area contributed by atoms with Gasteiger partial charge in [-0.05, 0) is 38.2 Å². The Morgan fingerprint density at radius 2 is 2.32 bits per heavy atom. The van der Waals surface area contributed by atoms with E-state index in [0.717, 1.165) is 31.5 Å². The summed E-state index contributed by atoms with van der Waals surface area (Å²) in [6, 6.07) is 8.36. The molecular formula is C16H24N2O. The predicted molar refractivity (Wildman–Crippen MR) is 77.8 cm³/mol. The zero-order chi connectivity index (χ0) is 13.8. The van der Waals surface area contributed by atoms with Crippen molar-refractivity contribution in [3.8, 4) is 0 Å². The number of benzene rings is 1. The Bertz CT molecular complexity index is 442. The number of nitrogens with zero attached hydrogens (tertiary/aromatic N) is 1. The van der Waals surface area contributed by atoms with Gasteiger partial charge in [-0.3, -0.25) is 4.79 Å². The number of hydrogen-bond donors (Lipinski definition) is 1. The first-order valence-corrected chi connectivity index (χ1v) is 7.15. The van der Waals surface area contributed by atoms with Crippen molar-refractivity contribution in [2.75, 3.05) is 13.1 Å². The summed E-state index contributed by atoms with van der Waals surface area (Å²) in [4.78, 5) is 14.3. The van der Waals surface area contributed by atoms with Gasteiger partial charge in [0.25, 0.3) is 0 Å². The van der Waals surface area contributed by atoms with Crippen LogP contribution in [0.1, 0.15) is 30.9 Å². The largest absolute Gasteiger partial charge is 0.342 e. The Kier molecular flexibility index (Phi) is 4.59. The van der Waals surface area contributed by atoms with Crippen LogP contribution in [0.3, 0.4) is 0 Å². The smallest absolute Gasteiger partial charge is 0.226 e. The van der Waals surface area contributed by atoms with E-state index < -0.39 is 0 Å². The third kappa shape index (κ3) is 3.80. The first kappa shape index (κ1) is 14.1. The van der Waals surface area contributed by atoms with E-state index in [1.165, 1.54) is 5.56 Å². The second-order valence-electron chi connectivity index (χ2n) is 5.77. The number of nitrogens with two attached hydrogens (primary N) is 1. The number of carbonyl (C=O) groups is 1. The van der Waals surface area contributed by atoms with Crippen molar-refractivity contribution < 1.29 is 4.79 Å². The molecule has 2 atom stereocenters. The topological polar surface area (TPSA) is 46.3 Å². The van der Waals surface area contributed by atoms with Gasteiger partial charge < -0.3 is 10.6 Å². The van der Waals surface area contributed by atoms with Crippen molar-refractivity contribution in [1.82, 2.24) is 4.90 Å². The summed E-state index contributed by atoms with van der Waals surface area (Å²) in [5.41, 5.74) is 8.27. The van der Waals surface area contributed by atoms with Crippen LogP contribution in [-0.4, -0.2) is 29.9 Å². The van der Waals surface area contributed by atoms with Gasteiger partial charge in [-0.15, -0.1) is 0 Å². The zero-order valence-corrected chi connectivity index (χ0v) is 11.9. The Morgan fingerprint density at radius 1 is 1.53 bits per heavy atom. The Morgan fingerprint density at radius 3 is 3.00 bits per heavy atom. The van der Waals surface area contributed by atoms with Gasteiger partial charge >= 0.3 is 0 Å². The van der Waals surface area contributed by atoms with E-state index in [9.17, 15) is 4.79 Å². The van der Waals surface area contributed by atoms with Gasteiger partial charge in [-0.2, -0.15) is 0 Å². The maximum atomic E-state index is 12.3. The van der Waals surface area contributed by atoms with Crippen LogP contribution in [0.15, 0.2) is 24.3 Å². The quantitative estimate of drug-likeness (QED) is 0.905. The minimum Gasteiger partial charge on any atom is -0.342 e. The highest BCUT2D eigenvalue weighted by molar-refractivity contribution is 5.78. The van der Waals surface area contributed by atoms with Gasteiger partial charge in [-0.1, -0.05) is 29.8 Å². The fraction of sp³-hybridized carbons (Fsp3) is 0.562. The Balaban J connectivity index is 1.96. The molecule has 0 aliphatic carbocycles. The normalized spacial score (nSPS) is 21.2. The molecule has 19 heavy (non-hydrogen) atoms. The fourth-order valence-corrected chi connectivity index (χ4v) is 2.77. The van der Waals surface area contributed by atoms with Crippen molar-refractivity contribution in [2.24, 2.45) is 11.7 Å². The molecule has 0 spiro atoms. The van der Waals surface area contributed by atoms with Crippen molar-refractivity contribution in [1.29, 1.82) is 0 Å². The monoisotopic (exact) mass is 260 g/mol. The summed E-state index contributed by atoms with van der Waals surface area (Å²) < 4.78 is 0. The lowest BCUT2D eigenvalue weighted by atomic mass is 9.92. The van der Waals surface area contributed by atoms with E-state index in [0.29, 0.717) is 12.3 Å². The minimum absolute atomic E-state index is 0.176. The summed E-state index contributed by atoms with van der Waals surface area (Å²) in [5.74, 6) is 0.686. The summed E-state index contributed by atoms with van der Waals surface area (Å²) in [7, 11) is 0. The Labute approximate surface area is 115 Å². The van der Waals surface area contributed by atoms with Crippen LogP contribution in [0, 0.1) is 12.8 Å². The third-order valence-corrected chi connectivity index (χ3v) is 3.99. The number of rotatable bonds is 3. The average molecular weight is 260 g/mol. The van der Waals surface area contributed by atoms with Gasteiger partial charge in [0.1, 0.15) is 0 Å². The standard InChI is InChI=1S/C16H24N2O/c1-12-5-3-6-14(9-12)10-16(19)18-8-4-7-15(11-18)13(2)17/h3,5-6,9,13,15H,4,7-8,10-11,17H2,1-2H3/t13-,15-/m1/s1. The molecule has 1 aromatic carbocycles. The van der Waals surface area contributed by atoms with Crippen molar-refractivity contribution >= 4 is 5.91 Å². The van der Waals surface area contributed by atoms with Crippen LogP contribution in [-0.2, 0) is 11.2 Å². The molecule has 1 fully saturated rings. The van der Waals surface area contributed by atoms with Gasteiger partial charge in [-0.25, -0.2) is 0 Å². The van der Waals surface area contributed by atoms with Crippen LogP contribution in [0.5, 0.6) is 0 Å². The maximum Gasteiger partial charge on any atom is 0.226 e. The SMILES string of the molecule is Cc1cccc(CC(=O)N2CCC[C@@H]([C@@H](C)N)C2)c1. The number of piperidine rings is 1. The van der Waals surface area contributed by atoms with Crippen LogP contribution in [0.2, 0.25) is 0 Å². The summed E-state index contributed by atoms with van der Waals surface area (Å²) in [6.07, 6.45) is 2.73. The molecule has 1 aliphatic heterocycles. The first-order valence-electron chi connectivity index (χ1n) is 7.15. The molecule has 1 saturated heterocycles. The van der Waals surface area contributed by atoms with E-state index in [2.05, 4.69) is 19.1 Å². The van der Waals surface area contributed by atoms with E-state index >= 15 is 0 Å². The molecule has 1 heterocycles. The van der Waals surface area contributed by atoms with E-state index in [4.69, 9.17) is 5.73 Å². The molecule has 0 bridgehead atoms. The zero-order valence-electron chi connectivity index (χ0n) is 11.9.